The summed E-state index contributed by atoms with van der Waals surface area (Å²) in [6, 6.07) is 8.76. The van der Waals surface area contributed by atoms with E-state index in [2.05, 4.69) is 50.4 Å². The molecule has 1 rings (SSSR count). The maximum absolute atomic E-state index is 11.5. The van der Waals surface area contributed by atoms with Crippen molar-refractivity contribution in [1.82, 2.24) is 5.32 Å². The van der Waals surface area contributed by atoms with E-state index in [1.165, 1.54) is 11.1 Å². The minimum Gasteiger partial charge on any atom is -0.466 e. The van der Waals surface area contributed by atoms with Crippen LogP contribution in [0.2, 0.25) is 0 Å². The maximum atomic E-state index is 11.5. The first-order chi connectivity index (χ1) is 9.36. The van der Waals surface area contributed by atoms with E-state index in [4.69, 9.17) is 4.74 Å². The number of ether oxygens (including phenoxy) is 1. The summed E-state index contributed by atoms with van der Waals surface area (Å²) in [6.07, 6.45) is 1.24. The molecule has 0 fully saturated rings. The number of rotatable bonds is 6. The summed E-state index contributed by atoms with van der Waals surface area (Å²) in [6.45, 7) is 8.89. The van der Waals surface area contributed by atoms with Crippen LogP contribution in [0.1, 0.15) is 45.2 Å². The van der Waals surface area contributed by atoms with Gasteiger partial charge in [0.15, 0.2) is 0 Å². The summed E-state index contributed by atoms with van der Waals surface area (Å²) in [4.78, 5) is 11.5. The molecular formula is C17H27NO2. The van der Waals surface area contributed by atoms with Crippen LogP contribution in [0.5, 0.6) is 0 Å². The van der Waals surface area contributed by atoms with Crippen molar-refractivity contribution < 1.29 is 9.53 Å². The van der Waals surface area contributed by atoms with Crippen LogP contribution >= 0.6 is 0 Å². The second-order valence-corrected chi connectivity index (χ2v) is 6.15. The molecule has 112 valence electrons. The van der Waals surface area contributed by atoms with Crippen molar-refractivity contribution in [2.24, 2.45) is 0 Å². The van der Waals surface area contributed by atoms with Gasteiger partial charge in [0.05, 0.1) is 13.0 Å². The van der Waals surface area contributed by atoms with E-state index in [9.17, 15) is 4.79 Å². The topological polar surface area (TPSA) is 38.3 Å². The third-order valence-electron chi connectivity index (χ3n) is 3.43. The van der Waals surface area contributed by atoms with Gasteiger partial charge in [0, 0.05) is 6.04 Å². The molecule has 0 bridgehead atoms. The first-order valence-corrected chi connectivity index (χ1v) is 7.29. The van der Waals surface area contributed by atoms with Gasteiger partial charge in [0.1, 0.15) is 0 Å². The molecule has 1 N–H and O–H groups in total. The number of carbonyl (C=O) groups is 1. The molecule has 1 aromatic rings. The highest BCUT2D eigenvalue weighted by atomic mass is 16.5. The molecule has 3 nitrogen and oxygen atoms in total. The van der Waals surface area contributed by atoms with Gasteiger partial charge in [-0.3, -0.25) is 4.79 Å². The lowest BCUT2D eigenvalue weighted by Gasteiger charge is -2.20. The lowest BCUT2D eigenvalue weighted by Crippen LogP contribution is -2.31. The van der Waals surface area contributed by atoms with Crippen molar-refractivity contribution in [2.75, 3.05) is 13.7 Å². The van der Waals surface area contributed by atoms with E-state index in [1.807, 2.05) is 14.0 Å². The Balaban J connectivity index is 2.64. The van der Waals surface area contributed by atoms with Crippen molar-refractivity contribution >= 4 is 5.97 Å². The number of hydrogen-bond donors (Lipinski definition) is 1. The highest BCUT2D eigenvalue weighted by molar-refractivity contribution is 5.70. The first-order valence-electron chi connectivity index (χ1n) is 7.29. The van der Waals surface area contributed by atoms with Crippen molar-refractivity contribution in [1.29, 1.82) is 0 Å². The molecule has 0 saturated heterocycles. The average molecular weight is 277 g/mol. The molecule has 1 unspecified atom stereocenters. The van der Waals surface area contributed by atoms with Crippen LogP contribution in [-0.4, -0.2) is 25.7 Å². The first kappa shape index (κ1) is 16.7. The molecule has 0 aliphatic carbocycles. The van der Waals surface area contributed by atoms with Gasteiger partial charge >= 0.3 is 5.97 Å². The molecule has 1 atom stereocenters. The molecule has 0 amide bonds. The van der Waals surface area contributed by atoms with Crippen LogP contribution in [0.3, 0.4) is 0 Å². The summed E-state index contributed by atoms with van der Waals surface area (Å²) in [5.74, 6) is -0.141. The predicted octanol–water partition coefficient (Wildman–Crippen LogP) is 3.07. The zero-order valence-corrected chi connectivity index (χ0v) is 13.3. The van der Waals surface area contributed by atoms with Gasteiger partial charge in [-0.2, -0.15) is 0 Å². The summed E-state index contributed by atoms with van der Waals surface area (Å²) >= 11 is 0. The van der Waals surface area contributed by atoms with Crippen molar-refractivity contribution in [3.05, 3.63) is 35.4 Å². The van der Waals surface area contributed by atoms with Crippen LogP contribution in [0.4, 0.5) is 0 Å². The minimum absolute atomic E-state index is 0.120. The fourth-order valence-electron chi connectivity index (χ4n) is 2.12. The Morgan fingerprint density at radius 2 is 1.85 bits per heavy atom. The summed E-state index contributed by atoms with van der Waals surface area (Å²) in [5.41, 5.74) is 2.74. The van der Waals surface area contributed by atoms with Crippen LogP contribution in [-0.2, 0) is 21.4 Å². The summed E-state index contributed by atoms with van der Waals surface area (Å²) in [5, 5.41) is 3.18. The summed E-state index contributed by atoms with van der Waals surface area (Å²) in [7, 11) is 1.88. The SMILES string of the molecule is CCOC(=O)CC(Cc1ccc(C(C)(C)C)cc1)NC. The van der Waals surface area contributed by atoms with Gasteiger partial charge in [-0.05, 0) is 36.9 Å². The zero-order chi connectivity index (χ0) is 15.2. The Labute approximate surface area is 122 Å². The van der Waals surface area contributed by atoms with E-state index in [0.29, 0.717) is 13.0 Å². The second kappa shape index (κ2) is 7.44. The van der Waals surface area contributed by atoms with Crippen LogP contribution in [0.25, 0.3) is 0 Å². The second-order valence-electron chi connectivity index (χ2n) is 6.15. The molecular weight excluding hydrogens is 250 g/mol. The smallest absolute Gasteiger partial charge is 0.307 e. The predicted molar refractivity (Wildman–Crippen MR) is 82.9 cm³/mol. The van der Waals surface area contributed by atoms with E-state index < -0.39 is 0 Å². The Morgan fingerprint density at radius 1 is 1.25 bits per heavy atom. The van der Waals surface area contributed by atoms with Gasteiger partial charge in [0.2, 0.25) is 0 Å². The molecule has 0 aromatic heterocycles. The normalized spacial score (nSPS) is 13.1. The average Bonchev–Trinajstić information content (AvgIpc) is 2.37. The number of hydrogen-bond acceptors (Lipinski definition) is 3. The number of likely N-dealkylation sites (N-methyl/N-ethyl adjacent to an activating group) is 1. The minimum atomic E-state index is -0.141. The Hall–Kier alpha value is -1.35. The lowest BCUT2D eigenvalue weighted by molar-refractivity contribution is -0.143. The standard InChI is InChI=1S/C17H27NO2/c1-6-20-16(19)12-15(18-5)11-13-7-9-14(10-8-13)17(2,3)4/h7-10,15,18H,6,11-12H2,1-5H3. The Morgan fingerprint density at radius 3 is 2.30 bits per heavy atom. The van der Waals surface area contributed by atoms with Crippen molar-refractivity contribution in [3.8, 4) is 0 Å². The molecule has 0 saturated carbocycles. The third kappa shape index (κ3) is 5.33. The van der Waals surface area contributed by atoms with Crippen LogP contribution in [0.15, 0.2) is 24.3 Å². The molecule has 20 heavy (non-hydrogen) atoms. The van der Waals surface area contributed by atoms with Crippen LogP contribution in [0, 0.1) is 0 Å². The molecule has 1 aromatic carbocycles. The Kier molecular flexibility index (Phi) is 6.21. The monoisotopic (exact) mass is 277 g/mol. The van der Waals surface area contributed by atoms with Gasteiger partial charge < -0.3 is 10.1 Å². The fraction of sp³-hybridized carbons (Fsp3) is 0.588. The molecule has 0 radical (unpaired) electrons. The molecule has 3 heteroatoms. The number of esters is 1. The van der Waals surface area contributed by atoms with Gasteiger partial charge in [-0.1, -0.05) is 45.0 Å². The third-order valence-corrected chi connectivity index (χ3v) is 3.43. The van der Waals surface area contributed by atoms with Gasteiger partial charge in [-0.15, -0.1) is 0 Å². The molecule has 0 aliphatic heterocycles. The number of carbonyl (C=O) groups excluding carboxylic acids is 1. The van der Waals surface area contributed by atoms with Crippen LogP contribution < -0.4 is 5.32 Å². The highest BCUT2D eigenvalue weighted by Gasteiger charge is 2.15. The number of nitrogens with one attached hydrogen (secondary N) is 1. The zero-order valence-electron chi connectivity index (χ0n) is 13.3. The lowest BCUT2D eigenvalue weighted by atomic mass is 9.86. The van der Waals surface area contributed by atoms with Crippen molar-refractivity contribution in [3.63, 3.8) is 0 Å². The van der Waals surface area contributed by atoms with E-state index in [0.717, 1.165) is 6.42 Å². The van der Waals surface area contributed by atoms with Gasteiger partial charge in [0.25, 0.3) is 0 Å². The van der Waals surface area contributed by atoms with Gasteiger partial charge in [-0.25, -0.2) is 0 Å². The molecule has 0 heterocycles. The van der Waals surface area contributed by atoms with Crippen molar-refractivity contribution in [2.45, 2.75) is 52.0 Å². The summed E-state index contributed by atoms with van der Waals surface area (Å²) < 4.78 is 5.00. The Bertz CT molecular complexity index is 418. The van der Waals surface area contributed by atoms with E-state index in [1.54, 1.807) is 0 Å². The highest BCUT2D eigenvalue weighted by Crippen LogP contribution is 2.22. The molecule has 0 aliphatic rings. The fourth-order valence-corrected chi connectivity index (χ4v) is 2.12. The van der Waals surface area contributed by atoms with E-state index in [-0.39, 0.29) is 17.4 Å². The van der Waals surface area contributed by atoms with E-state index >= 15 is 0 Å². The quantitative estimate of drug-likeness (QED) is 0.812. The largest absolute Gasteiger partial charge is 0.466 e. The molecule has 0 spiro atoms. The number of benzene rings is 1. The maximum Gasteiger partial charge on any atom is 0.307 e.